The van der Waals surface area contributed by atoms with E-state index in [0.717, 1.165) is 5.56 Å². The Morgan fingerprint density at radius 1 is 1.43 bits per heavy atom. The van der Waals surface area contributed by atoms with Crippen molar-refractivity contribution in [3.8, 4) is 0 Å². The van der Waals surface area contributed by atoms with Gasteiger partial charge in [-0.05, 0) is 36.2 Å². The quantitative estimate of drug-likeness (QED) is 0.613. The molecule has 0 radical (unpaired) electrons. The Balaban J connectivity index is 3.00. The Hall–Kier alpha value is -1.35. The van der Waals surface area contributed by atoms with E-state index in [2.05, 4.69) is 0 Å². The minimum Gasteiger partial charge on any atom is -0.398 e. The van der Waals surface area contributed by atoms with Crippen molar-refractivity contribution in [3.63, 3.8) is 0 Å². The molecular weight excluding hydrogens is 202 g/mol. The van der Waals surface area contributed by atoms with Crippen molar-refractivity contribution in [3.05, 3.63) is 29.3 Å². The highest BCUT2D eigenvalue weighted by Gasteiger charge is 2.07. The second-order valence-corrected chi connectivity index (χ2v) is 3.42. The summed E-state index contributed by atoms with van der Waals surface area (Å²) in [7, 11) is 0. The summed E-state index contributed by atoms with van der Waals surface area (Å²) in [6.45, 7) is 1.50. The molecule has 0 unspecified atom stereocenters. The Morgan fingerprint density at radius 3 is 2.50 bits per heavy atom. The molecule has 0 aliphatic rings. The molecule has 0 aromatic heterocycles. The first-order valence-corrected chi connectivity index (χ1v) is 4.46. The molecule has 0 amide bonds. The van der Waals surface area contributed by atoms with Gasteiger partial charge in [0.1, 0.15) is 5.78 Å². The zero-order chi connectivity index (χ0) is 10.7. The van der Waals surface area contributed by atoms with Gasteiger partial charge >= 0.3 is 0 Å². The lowest BCUT2D eigenvalue weighted by atomic mass is 10.1. The van der Waals surface area contributed by atoms with Crippen LogP contribution in [-0.2, 0) is 11.2 Å². The normalized spacial score (nSPS) is 9.86. The smallest absolute Gasteiger partial charge is 0.254 e. The van der Waals surface area contributed by atoms with Crippen molar-refractivity contribution in [1.29, 1.82) is 0 Å². The zero-order valence-electron chi connectivity index (χ0n) is 7.71. The molecular formula is C10H10ClNO2. The Kier molecular flexibility index (Phi) is 3.25. The average molecular weight is 212 g/mol. The van der Waals surface area contributed by atoms with Gasteiger partial charge in [-0.25, -0.2) is 0 Å². The van der Waals surface area contributed by atoms with Crippen LogP contribution in [0, 0.1) is 0 Å². The fourth-order valence-corrected chi connectivity index (χ4v) is 1.36. The highest BCUT2D eigenvalue weighted by atomic mass is 35.5. The second kappa shape index (κ2) is 4.24. The van der Waals surface area contributed by atoms with Gasteiger partial charge in [0.15, 0.2) is 0 Å². The van der Waals surface area contributed by atoms with E-state index in [9.17, 15) is 9.59 Å². The third-order valence-corrected chi connectivity index (χ3v) is 1.98. The lowest BCUT2D eigenvalue weighted by molar-refractivity contribution is -0.116. The van der Waals surface area contributed by atoms with Crippen molar-refractivity contribution < 1.29 is 9.59 Å². The number of nitrogen functional groups attached to an aromatic ring is 1. The third-order valence-electron chi connectivity index (χ3n) is 1.78. The first-order chi connectivity index (χ1) is 6.50. The molecule has 1 rings (SSSR count). The van der Waals surface area contributed by atoms with E-state index in [-0.39, 0.29) is 11.3 Å². The number of nitrogens with two attached hydrogens (primary N) is 1. The number of Topliss-reactive ketones (excluding diaryl/α,β-unsaturated/α-hetero) is 1. The van der Waals surface area contributed by atoms with E-state index in [1.54, 1.807) is 12.1 Å². The summed E-state index contributed by atoms with van der Waals surface area (Å²) in [6, 6.07) is 4.80. The van der Waals surface area contributed by atoms with E-state index >= 15 is 0 Å². The Labute approximate surface area is 86.9 Å². The molecule has 2 N–H and O–H groups in total. The van der Waals surface area contributed by atoms with E-state index in [1.165, 1.54) is 13.0 Å². The summed E-state index contributed by atoms with van der Waals surface area (Å²) >= 11 is 5.28. The van der Waals surface area contributed by atoms with Gasteiger partial charge in [0.05, 0.1) is 5.56 Å². The molecule has 0 aliphatic carbocycles. The van der Waals surface area contributed by atoms with Gasteiger partial charge in [-0.15, -0.1) is 0 Å². The first-order valence-electron chi connectivity index (χ1n) is 4.08. The number of benzene rings is 1. The van der Waals surface area contributed by atoms with Crippen molar-refractivity contribution in [2.45, 2.75) is 13.3 Å². The number of halogens is 1. The molecule has 0 atom stereocenters. The van der Waals surface area contributed by atoms with Crippen LogP contribution in [0.3, 0.4) is 0 Å². The van der Waals surface area contributed by atoms with Crippen molar-refractivity contribution >= 4 is 28.3 Å². The van der Waals surface area contributed by atoms with Crippen LogP contribution in [0.15, 0.2) is 18.2 Å². The van der Waals surface area contributed by atoms with Crippen LogP contribution in [-0.4, -0.2) is 11.0 Å². The maximum absolute atomic E-state index is 10.8. The number of hydrogen-bond donors (Lipinski definition) is 1. The first kappa shape index (κ1) is 10.7. The molecule has 0 heterocycles. The molecule has 4 heteroatoms. The van der Waals surface area contributed by atoms with Crippen LogP contribution in [0.1, 0.15) is 22.8 Å². The number of hydrogen-bond acceptors (Lipinski definition) is 3. The highest BCUT2D eigenvalue weighted by Crippen LogP contribution is 2.16. The van der Waals surface area contributed by atoms with Crippen molar-refractivity contribution in [2.75, 3.05) is 5.73 Å². The van der Waals surface area contributed by atoms with Gasteiger partial charge in [-0.3, -0.25) is 9.59 Å². The summed E-state index contributed by atoms with van der Waals surface area (Å²) in [6.07, 6.45) is 0.320. The van der Waals surface area contributed by atoms with Crippen LogP contribution in [0.4, 0.5) is 5.69 Å². The molecule has 0 bridgehead atoms. The third kappa shape index (κ3) is 2.57. The molecule has 0 aliphatic heterocycles. The van der Waals surface area contributed by atoms with Crippen molar-refractivity contribution in [1.82, 2.24) is 0 Å². The number of anilines is 1. The summed E-state index contributed by atoms with van der Waals surface area (Å²) < 4.78 is 0. The SMILES string of the molecule is CC(=O)Cc1ccc(C(=O)Cl)c(N)c1. The molecule has 1 aromatic rings. The molecule has 74 valence electrons. The fraction of sp³-hybridized carbons (Fsp3) is 0.200. The van der Waals surface area contributed by atoms with E-state index in [4.69, 9.17) is 17.3 Å². The average Bonchev–Trinajstić information content (AvgIpc) is 2.01. The van der Waals surface area contributed by atoms with Crippen LogP contribution >= 0.6 is 11.6 Å². The van der Waals surface area contributed by atoms with Crippen LogP contribution < -0.4 is 5.73 Å². The van der Waals surface area contributed by atoms with Gasteiger partial charge in [-0.2, -0.15) is 0 Å². The summed E-state index contributed by atoms with van der Waals surface area (Å²) in [5, 5.41) is -0.586. The van der Waals surface area contributed by atoms with Crippen LogP contribution in [0.2, 0.25) is 0 Å². The maximum Gasteiger partial charge on any atom is 0.254 e. The largest absolute Gasteiger partial charge is 0.398 e. The molecule has 14 heavy (non-hydrogen) atoms. The van der Waals surface area contributed by atoms with Gasteiger partial charge in [0.25, 0.3) is 5.24 Å². The summed E-state index contributed by atoms with van der Waals surface area (Å²) in [5.41, 5.74) is 6.96. The highest BCUT2D eigenvalue weighted by molar-refractivity contribution is 6.68. The van der Waals surface area contributed by atoms with E-state index in [0.29, 0.717) is 12.1 Å². The number of carbonyl (C=O) groups excluding carboxylic acids is 2. The number of rotatable bonds is 3. The van der Waals surface area contributed by atoms with Crippen LogP contribution in [0.5, 0.6) is 0 Å². The fourth-order valence-electron chi connectivity index (χ4n) is 1.19. The van der Waals surface area contributed by atoms with Gasteiger partial charge in [-0.1, -0.05) is 6.07 Å². The van der Waals surface area contributed by atoms with Gasteiger partial charge < -0.3 is 5.73 Å². The molecule has 3 nitrogen and oxygen atoms in total. The Morgan fingerprint density at radius 2 is 2.07 bits per heavy atom. The lowest BCUT2D eigenvalue weighted by Crippen LogP contribution is -2.01. The lowest BCUT2D eigenvalue weighted by Gasteiger charge is -2.03. The summed E-state index contributed by atoms with van der Waals surface area (Å²) in [5.74, 6) is 0.0503. The monoisotopic (exact) mass is 211 g/mol. The van der Waals surface area contributed by atoms with Gasteiger partial charge in [0, 0.05) is 12.1 Å². The minimum atomic E-state index is -0.586. The molecule has 0 spiro atoms. The zero-order valence-corrected chi connectivity index (χ0v) is 8.47. The maximum atomic E-state index is 10.8. The van der Waals surface area contributed by atoms with Crippen LogP contribution in [0.25, 0.3) is 0 Å². The number of ketones is 1. The van der Waals surface area contributed by atoms with E-state index < -0.39 is 5.24 Å². The predicted molar refractivity (Wildman–Crippen MR) is 55.4 cm³/mol. The molecule has 1 aromatic carbocycles. The summed E-state index contributed by atoms with van der Waals surface area (Å²) in [4.78, 5) is 21.6. The Bertz CT molecular complexity index is 388. The predicted octanol–water partition coefficient (Wildman–Crippen LogP) is 1.78. The minimum absolute atomic E-state index is 0.0503. The second-order valence-electron chi connectivity index (χ2n) is 3.07. The standard InChI is InChI=1S/C10H10ClNO2/c1-6(13)4-7-2-3-8(10(11)14)9(12)5-7/h2-3,5H,4,12H2,1H3. The van der Waals surface area contributed by atoms with Crippen molar-refractivity contribution in [2.24, 2.45) is 0 Å². The number of carbonyl (C=O) groups is 2. The molecule has 0 saturated heterocycles. The molecule has 0 saturated carbocycles. The molecule has 0 fully saturated rings. The van der Waals surface area contributed by atoms with E-state index in [1.807, 2.05) is 0 Å². The topological polar surface area (TPSA) is 60.2 Å². The van der Waals surface area contributed by atoms with Gasteiger partial charge in [0.2, 0.25) is 0 Å².